The predicted octanol–water partition coefficient (Wildman–Crippen LogP) is 2.99. The van der Waals surface area contributed by atoms with E-state index in [0.717, 1.165) is 23.5 Å². The van der Waals surface area contributed by atoms with Gasteiger partial charge in [-0.15, -0.1) is 11.3 Å². The van der Waals surface area contributed by atoms with Gasteiger partial charge in [0.15, 0.2) is 15.6 Å². The van der Waals surface area contributed by atoms with Gasteiger partial charge < -0.3 is 4.52 Å². The topological polar surface area (TPSA) is 106 Å². The molecule has 3 rings (SSSR count). The number of nitrogens with one attached hydrogen (secondary N) is 1. The molecule has 3 aromatic rings. The highest BCUT2D eigenvalue weighted by Gasteiger charge is 2.33. The van der Waals surface area contributed by atoms with Gasteiger partial charge in [0.25, 0.3) is 0 Å². The molecule has 0 fully saturated rings. The Bertz CT molecular complexity index is 1150. The van der Waals surface area contributed by atoms with Crippen molar-refractivity contribution in [1.29, 1.82) is 0 Å². The van der Waals surface area contributed by atoms with Crippen LogP contribution in [0.25, 0.3) is 0 Å². The fourth-order valence-electron chi connectivity index (χ4n) is 2.77. The number of sulfonamides is 1. The Morgan fingerprint density at radius 2 is 1.82 bits per heavy atom. The summed E-state index contributed by atoms with van der Waals surface area (Å²) in [6.07, 6.45) is 0. The zero-order valence-corrected chi connectivity index (χ0v) is 17.4. The molecule has 28 heavy (non-hydrogen) atoms. The van der Waals surface area contributed by atoms with Crippen LogP contribution in [0.2, 0.25) is 0 Å². The fourth-order valence-corrected chi connectivity index (χ4v) is 7.11. The molecule has 0 aliphatic heterocycles. The van der Waals surface area contributed by atoms with Crippen LogP contribution in [0.5, 0.6) is 0 Å². The number of hydrogen-bond acceptors (Lipinski definition) is 7. The number of aryl methyl sites for hydroxylation is 2. The Morgan fingerprint density at radius 1 is 1.14 bits per heavy atom. The number of benzene rings is 1. The molecule has 1 aromatic carbocycles. The normalized spacial score (nSPS) is 13.5. The van der Waals surface area contributed by atoms with E-state index in [4.69, 9.17) is 4.52 Å². The van der Waals surface area contributed by atoms with Crippen LogP contribution in [0, 0.1) is 19.7 Å². The average molecular weight is 445 g/mol. The van der Waals surface area contributed by atoms with Crippen molar-refractivity contribution in [3.63, 3.8) is 0 Å². The lowest BCUT2D eigenvalue weighted by molar-refractivity contribution is 0.390. The van der Waals surface area contributed by atoms with Crippen molar-refractivity contribution in [3.8, 4) is 0 Å². The van der Waals surface area contributed by atoms with E-state index in [1.165, 1.54) is 32.0 Å². The van der Waals surface area contributed by atoms with Crippen LogP contribution in [-0.2, 0) is 19.9 Å². The summed E-state index contributed by atoms with van der Waals surface area (Å²) in [5.74, 6) is -0.420. The molecular weight excluding hydrogens is 427 g/mol. The number of sulfone groups is 1. The molecule has 0 saturated heterocycles. The van der Waals surface area contributed by atoms with E-state index in [-0.39, 0.29) is 26.1 Å². The molecule has 1 atom stereocenters. The zero-order valence-electron chi connectivity index (χ0n) is 14.9. The first kappa shape index (κ1) is 20.6. The zero-order chi connectivity index (χ0) is 20.5. The van der Waals surface area contributed by atoms with Crippen LogP contribution in [0.4, 0.5) is 4.39 Å². The van der Waals surface area contributed by atoms with Gasteiger partial charge in [-0.25, -0.2) is 25.9 Å². The van der Waals surface area contributed by atoms with Gasteiger partial charge >= 0.3 is 0 Å². The molecule has 7 nitrogen and oxygen atoms in total. The Morgan fingerprint density at radius 3 is 2.36 bits per heavy atom. The summed E-state index contributed by atoms with van der Waals surface area (Å²) in [6.45, 7) is 2.50. The van der Waals surface area contributed by atoms with Gasteiger partial charge in [-0.1, -0.05) is 23.4 Å². The van der Waals surface area contributed by atoms with E-state index in [0.29, 0.717) is 0 Å². The third-order valence-corrected chi connectivity index (χ3v) is 9.29. The van der Waals surface area contributed by atoms with Crippen LogP contribution >= 0.6 is 11.3 Å². The Labute approximate surface area is 166 Å². The van der Waals surface area contributed by atoms with Gasteiger partial charge in [0.05, 0.1) is 0 Å². The van der Waals surface area contributed by atoms with Crippen molar-refractivity contribution in [1.82, 2.24) is 9.88 Å². The lowest BCUT2D eigenvalue weighted by Gasteiger charge is -2.18. The van der Waals surface area contributed by atoms with Gasteiger partial charge in [-0.2, -0.15) is 0 Å². The lowest BCUT2D eigenvalue weighted by Crippen LogP contribution is -2.32. The van der Waals surface area contributed by atoms with E-state index < -0.39 is 37.5 Å². The molecule has 0 spiro atoms. The van der Waals surface area contributed by atoms with E-state index >= 15 is 0 Å². The monoisotopic (exact) mass is 444 g/mol. The quantitative estimate of drug-likeness (QED) is 0.600. The first-order valence-electron chi connectivity index (χ1n) is 8.08. The maximum absolute atomic E-state index is 13.3. The van der Waals surface area contributed by atoms with Gasteiger partial charge in [-0.3, -0.25) is 0 Å². The lowest BCUT2D eigenvalue weighted by atomic mass is 10.1. The van der Waals surface area contributed by atoms with Crippen LogP contribution in [0.15, 0.2) is 55.4 Å². The summed E-state index contributed by atoms with van der Waals surface area (Å²) in [6, 6.07) is 7.96. The van der Waals surface area contributed by atoms with Crippen LogP contribution < -0.4 is 4.72 Å². The highest BCUT2D eigenvalue weighted by molar-refractivity contribution is 7.93. The van der Waals surface area contributed by atoms with E-state index in [1.807, 2.05) is 0 Å². The van der Waals surface area contributed by atoms with E-state index in [1.54, 1.807) is 11.4 Å². The fraction of sp³-hybridized carbons (Fsp3) is 0.235. The number of nitrogens with zero attached hydrogens (tertiary/aromatic N) is 1. The highest BCUT2D eigenvalue weighted by atomic mass is 32.2. The summed E-state index contributed by atoms with van der Waals surface area (Å²) in [4.78, 5) is -0.126. The first-order valence-corrected chi connectivity index (χ1v) is 12.0. The van der Waals surface area contributed by atoms with Gasteiger partial charge in [0.2, 0.25) is 10.0 Å². The van der Waals surface area contributed by atoms with Crippen LogP contribution in [0.3, 0.4) is 0 Å². The standard InChI is InChI=1S/C17H17FN2O5S3/c1-11-17(12(2)25-20-11)28(23,24)19-10-15(13-5-7-14(18)8-6-13)27(21,22)16-4-3-9-26-16/h3-9,15,19H,10H2,1-2H3. The Hall–Kier alpha value is -2.08. The van der Waals surface area contributed by atoms with Crippen molar-refractivity contribution in [2.24, 2.45) is 0 Å². The van der Waals surface area contributed by atoms with Crippen molar-refractivity contribution >= 4 is 31.2 Å². The third kappa shape index (κ3) is 4.02. The van der Waals surface area contributed by atoms with E-state index in [9.17, 15) is 21.2 Å². The molecule has 0 saturated carbocycles. The summed E-state index contributed by atoms with van der Waals surface area (Å²) in [7, 11) is -7.97. The molecular formula is C17H17FN2O5S3. The highest BCUT2D eigenvalue weighted by Crippen LogP contribution is 2.32. The minimum atomic E-state index is -4.06. The maximum Gasteiger partial charge on any atom is 0.246 e. The smallest absolute Gasteiger partial charge is 0.246 e. The summed E-state index contributed by atoms with van der Waals surface area (Å²) < 4.78 is 72.1. The van der Waals surface area contributed by atoms with Crippen molar-refractivity contribution in [2.75, 3.05) is 6.54 Å². The second-order valence-electron chi connectivity index (χ2n) is 6.02. The molecule has 0 aliphatic carbocycles. The molecule has 2 heterocycles. The molecule has 1 N–H and O–H groups in total. The third-order valence-electron chi connectivity index (χ3n) is 4.09. The number of halogens is 1. The largest absolute Gasteiger partial charge is 0.360 e. The van der Waals surface area contributed by atoms with Gasteiger partial charge in [-0.05, 0) is 43.0 Å². The molecule has 0 bridgehead atoms. The molecule has 11 heteroatoms. The molecule has 0 radical (unpaired) electrons. The Kier molecular flexibility index (Phi) is 5.71. The summed E-state index contributed by atoms with van der Waals surface area (Å²) in [5, 5.41) is 3.99. The van der Waals surface area contributed by atoms with Crippen molar-refractivity contribution in [3.05, 3.63) is 64.6 Å². The molecule has 150 valence electrons. The Balaban J connectivity index is 1.98. The second-order valence-corrected chi connectivity index (χ2v) is 11.0. The summed E-state index contributed by atoms with van der Waals surface area (Å²) >= 11 is 1.03. The maximum atomic E-state index is 13.3. The van der Waals surface area contributed by atoms with Crippen LogP contribution in [-0.4, -0.2) is 28.5 Å². The SMILES string of the molecule is Cc1noc(C)c1S(=O)(=O)NCC(c1ccc(F)cc1)S(=O)(=O)c1cccs1. The second kappa shape index (κ2) is 7.74. The predicted molar refractivity (Wildman–Crippen MR) is 102 cm³/mol. The minimum Gasteiger partial charge on any atom is -0.360 e. The summed E-state index contributed by atoms with van der Waals surface area (Å²) in [5.41, 5.74) is 0.445. The molecule has 2 aromatic heterocycles. The van der Waals surface area contributed by atoms with Gasteiger partial charge in [0.1, 0.15) is 25.9 Å². The number of hydrogen-bond donors (Lipinski definition) is 1. The average Bonchev–Trinajstić information content (AvgIpc) is 3.27. The van der Waals surface area contributed by atoms with Crippen molar-refractivity contribution in [2.45, 2.75) is 28.2 Å². The molecule has 0 aliphatic rings. The number of rotatable bonds is 7. The van der Waals surface area contributed by atoms with E-state index in [2.05, 4.69) is 9.88 Å². The van der Waals surface area contributed by atoms with Gasteiger partial charge in [0, 0.05) is 6.54 Å². The number of aromatic nitrogens is 1. The minimum absolute atomic E-state index is 0.0957. The molecule has 1 unspecified atom stereocenters. The number of thiophene rings is 1. The van der Waals surface area contributed by atoms with Crippen molar-refractivity contribution < 1.29 is 25.7 Å². The van der Waals surface area contributed by atoms with Crippen LogP contribution in [0.1, 0.15) is 22.3 Å². The first-order chi connectivity index (χ1) is 13.1. The molecule has 0 amide bonds.